The van der Waals surface area contributed by atoms with Crippen molar-refractivity contribution in [3.8, 4) is 0 Å². The van der Waals surface area contributed by atoms with Crippen LogP contribution in [0.25, 0.3) is 6.08 Å². The van der Waals surface area contributed by atoms with Crippen LogP contribution >= 0.6 is 22.6 Å². The molecule has 3 nitrogen and oxygen atoms in total. The number of fused-ring (bicyclic) bond motifs is 3. The van der Waals surface area contributed by atoms with Crippen LogP contribution in [0.3, 0.4) is 0 Å². The molecule has 1 saturated heterocycles. The lowest BCUT2D eigenvalue weighted by atomic mass is 10.1. The Labute approximate surface area is 142 Å². The fourth-order valence-corrected chi connectivity index (χ4v) is 4.08. The molecule has 2 aromatic rings. The van der Waals surface area contributed by atoms with Gasteiger partial charge in [0.2, 0.25) is 0 Å². The zero-order chi connectivity index (χ0) is 15.1. The molecule has 0 aromatic heterocycles. The van der Waals surface area contributed by atoms with Gasteiger partial charge in [0.15, 0.2) is 0 Å². The first-order valence-electron chi connectivity index (χ1n) is 7.24. The highest BCUT2D eigenvalue weighted by atomic mass is 127. The van der Waals surface area contributed by atoms with Gasteiger partial charge in [0.1, 0.15) is 12.1 Å². The maximum Gasteiger partial charge on any atom is 0.415 e. The quantitative estimate of drug-likeness (QED) is 0.545. The third kappa shape index (κ3) is 2.22. The largest absolute Gasteiger partial charge is 0.443 e. The number of hydrogen-bond donors (Lipinski definition) is 0. The molecule has 1 amide bonds. The second kappa shape index (κ2) is 5.43. The second-order valence-electron chi connectivity index (χ2n) is 5.52. The van der Waals surface area contributed by atoms with Crippen molar-refractivity contribution in [3.63, 3.8) is 0 Å². The minimum absolute atomic E-state index is 0.00411. The molecule has 1 aliphatic carbocycles. The minimum atomic E-state index is -0.249. The summed E-state index contributed by atoms with van der Waals surface area (Å²) in [6.07, 6.45) is 2.50. The molecule has 2 aromatic carbocycles. The van der Waals surface area contributed by atoms with Crippen molar-refractivity contribution >= 4 is 34.8 Å². The number of ether oxygens (including phenoxy) is 1. The van der Waals surface area contributed by atoms with Gasteiger partial charge in [-0.3, -0.25) is 4.90 Å². The number of nitrogens with zero attached hydrogens (tertiary/aromatic N) is 1. The molecule has 0 spiro atoms. The fourth-order valence-electron chi connectivity index (χ4n) is 3.22. The monoisotopic (exact) mass is 403 g/mol. The van der Waals surface area contributed by atoms with Crippen molar-refractivity contribution in [2.45, 2.75) is 18.6 Å². The molecule has 4 rings (SSSR count). The summed E-state index contributed by atoms with van der Waals surface area (Å²) >= 11 is 2.22. The smallest absolute Gasteiger partial charge is 0.415 e. The highest BCUT2D eigenvalue weighted by molar-refractivity contribution is 14.1. The Balaban J connectivity index is 1.72. The van der Waals surface area contributed by atoms with Crippen LogP contribution in [0.2, 0.25) is 0 Å². The van der Waals surface area contributed by atoms with Gasteiger partial charge < -0.3 is 4.74 Å². The minimum Gasteiger partial charge on any atom is -0.443 e. The maximum atomic E-state index is 12.3. The normalized spacial score (nSPS) is 23.2. The van der Waals surface area contributed by atoms with Gasteiger partial charge in [0.25, 0.3) is 0 Å². The van der Waals surface area contributed by atoms with Gasteiger partial charge in [0, 0.05) is 6.42 Å². The summed E-state index contributed by atoms with van der Waals surface area (Å²) in [5.41, 5.74) is 3.56. The van der Waals surface area contributed by atoms with Gasteiger partial charge in [-0.1, -0.05) is 54.6 Å². The SMILES string of the molecule is O=C1O[C@@H]2Cc3ccccc3[C@@H]2N1/C(I)=C\c1ccccc1. The Morgan fingerprint density at radius 2 is 1.86 bits per heavy atom. The summed E-state index contributed by atoms with van der Waals surface area (Å²) in [7, 11) is 0. The van der Waals surface area contributed by atoms with Crippen LogP contribution in [0.5, 0.6) is 0 Å². The van der Waals surface area contributed by atoms with Crippen LogP contribution in [-0.4, -0.2) is 17.1 Å². The first kappa shape index (κ1) is 13.8. The van der Waals surface area contributed by atoms with Crippen molar-refractivity contribution in [2.75, 3.05) is 0 Å². The highest BCUT2D eigenvalue weighted by Crippen LogP contribution is 2.45. The summed E-state index contributed by atoms with van der Waals surface area (Å²) in [5.74, 6) is 0. The number of rotatable bonds is 2. The average Bonchev–Trinajstić information content (AvgIpc) is 3.02. The van der Waals surface area contributed by atoms with E-state index in [1.54, 1.807) is 4.90 Å². The molecule has 0 unspecified atom stereocenters. The second-order valence-corrected chi connectivity index (χ2v) is 6.62. The third-order valence-electron chi connectivity index (χ3n) is 4.19. The molecule has 2 atom stereocenters. The maximum absolute atomic E-state index is 12.3. The van der Waals surface area contributed by atoms with E-state index in [0.29, 0.717) is 0 Å². The van der Waals surface area contributed by atoms with Crippen molar-refractivity contribution in [3.05, 3.63) is 75.0 Å². The van der Waals surface area contributed by atoms with Crippen molar-refractivity contribution < 1.29 is 9.53 Å². The van der Waals surface area contributed by atoms with E-state index in [-0.39, 0.29) is 18.2 Å². The van der Waals surface area contributed by atoms with Gasteiger partial charge in [-0.15, -0.1) is 0 Å². The van der Waals surface area contributed by atoms with Crippen molar-refractivity contribution in [2.24, 2.45) is 0 Å². The topological polar surface area (TPSA) is 29.5 Å². The molecule has 0 saturated carbocycles. The van der Waals surface area contributed by atoms with Gasteiger partial charge in [0.05, 0.1) is 3.70 Å². The number of amides is 1. The van der Waals surface area contributed by atoms with Crippen LogP contribution in [0.15, 0.2) is 58.3 Å². The van der Waals surface area contributed by atoms with E-state index in [9.17, 15) is 4.79 Å². The number of benzene rings is 2. The Morgan fingerprint density at radius 3 is 2.68 bits per heavy atom. The highest BCUT2D eigenvalue weighted by Gasteiger charge is 2.48. The Kier molecular flexibility index (Phi) is 3.41. The predicted molar refractivity (Wildman–Crippen MR) is 93.4 cm³/mol. The van der Waals surface area contributed by atoms with E-state index in [1.165, 1.54) is 11.1 Å². The van der Waals surface area contributed by atoms with Crippen LogP contribution in [0, 0.1) is 0 Å². The average molecular weight is 403 g/mol. The Morgan fingerprint density at radius 1 is 1.14 bits per heavy atom. The van der Waals surface area contributed by atoms with E-state index in [4.69, 9.17) is 4.74 Å². The third-order valence-corrected chi connectivity index (χ3v) is 5.02. The Hall–Kier alpha value is -1.82. The molecule has 0 bridgehead atoms. The first-order valence-corrected chi connectivity index (χ1v) is 8.32. The van der Waals surface area contributed by atoms with E-state index >= 15 is 0 Å². The molecule has 1 heterocycles. The molecular formula is C18H14INO2. The summed E-state index contributed by atoms with van der Waals surface area (Å²) in [6, 6.07) is 18.3. The van der Waals surface area contributed by atoms with Crippen LogP contribution in [0.4, 0.5) is 4.79 Å². The number of halogens is 1. The van der Waals surface area contributed by atoms with E-state index in [1.807, 2.05) is 48.5 Å². The lowest BCUT2D eigenvalue weighted by Gasteiger charge is -2.21. The zero-order valence-electron chi connectivity index (χ0n) is 11.8. The van der Waals surface area contributed by atoms with E-state index < -0.39 is 0 Å². The summed E-state index contributed by atoms with van der Waals surface area (Å²) in [5, 5.41) is 0. The summed E-state index contributed by atoms with van der Waals surface area (Å²) < 4.78 is 6.47. The summed E-state index contributed by atoms with van der Waals surface area (Å²) in [4.78, 5) is 14.1. The van der Waals surface area contributed by atoms with Crippen molar-refractivity contribution in [1.29, 1.82) is 0 Å². The molecule has 4 heteroatoms. The van der Waals surface area contributed by atoms with Gasteiger partial charge in [-0.2, -0.15) is 0 Å². The molecule has 0 N–H and O–H groups in total. The molecular weight excluding hydrogens is 389 g/mol. The van der Waals surface area contributed by atoms with Crippen LogP contribution in [-0.2, 0) is 11.2 Å². The van der Waals surface area contributed by atoms with Crippen LogP contribution in [0.1, 0.15) is 22.7 Å². The van der Waals surface area contributed by atoms with Gasteiger partial charge in [-0.25, -0.2) is 4.79 Å². The number of carbonyl (C=O) groups is 1. The molecule has 22 heavy (non-hydrogen) atoms. The zero-order valence-corrected chi connectivity index (χ0v) is 13.9. The van der Waals surface area contributed by atoms with Gasteiger partial charge in [-0.05, 0) is 45.4 Å². The number of carbonyl (C=O) groups excluding carboxylic acids is 1. The predicted octanol–water partition coefficient (Wildman–Crippen LogP) is 4.54. The molecule has 1 aliphatic heterocycles. The standard InChI is InChI=1S/C18H14INO2/c19-16(10-12-6-2-1-3-7-12)20-17-14-9-5-4-8-13(14)11-15(17)22-18(20)21/h1-10,15,17H,11H2/b16-10-/t15-,17+/m1/s1. The molecule has 2 aliphatic rings. The fraction of sp³-hybridized carbons (Fsp3) is 0.167. The molecule has 110 valence electrons. The summed E-state index contributed by atoms with van der Waals surface area (Å²) in [6.45, 7) is 0. The van der Waals surface area contributed by atoms with Crippen molar-refractivity contribution in [1.82, 2.24) is 4.90 Å². The van der Waals surface area contributed by atoms with E-state index in [0.717, 1.165) is 15.7 Å². The lowest BCUT2D eigenvalue weighted by molar-refractivity contribution is 0.134. The number of hydrogen-bond acceptors (Lipinski definition) is 2. The lowest BCUT2D eigenvalue weighted by Crippen LogP contribution is -2.24. The van der Waals surface area contributed by atoms with Gasteiger partial charge >= 0.3 is 6.09 Å². The van der Waals surface area contributed by atoms with Crippen LogP contribution < -0.4 is 0 Å². The molecule has 0 radical (unpaired) electrons. The first-order chi connectivity index (χ1) is 10.7. The van der Waals surface area contributed by atoms with E-state index in [2.05, 4.69) is 34.7 Å². The Bertz CT molecular complexity index is 757. The molecule has 1 fully saturated rings.